The van der Waals surface area contributed by atoms with Crippen LogP contribution in [0.1, 0.15) is 104 Å². The second-order valence-electron chi connectivity index (χ2n) is 8.05. The largest absolute Gasteiger partial charge is 0.379 e. The van der Waals surface area contributed by atoms with Gasteiger partial charge < -0.3 is 4.74 Å². The zero-order valence-electron chi connectivity index (χ0n) is 18.6. The average Bonchev–Trinajstić information content (AvgIpc) is 2.71. The van der Waals surface area contributed by atoms with Crippen LogP contribution in [0.5, 0.6) is 0 Å². The van der Waals surface area contributed by atoms with E-state index >= 15 is 0 Å². The molecule has 0 radical (unpaired) electrons. The normalized spacial score (nSPS) is 16.0. The molecule has 1 aliphatic rings. The maximum Gasteiger partial charge on any atom is 0.0608 e. The standard InChI is InChI=1S/C24H48N2O/c1-3-5-6-7-8-9-10-11-12-13-14-15-16-17-18-19-20-25(4-2)26-21-23-27-24-22-26/h11-12H,3-10,13-24H2,1-2H3/b12-11-. The Balaban J connectivity index is 1.82. The van der Waals surface area contributed by atoms with Crippen LogP contribution in [0.15, 0.2) is 12.2 Å². The van der Waals surface area contributed by atoms with Gasteiger partial charge in [0.05, 0.1) is 13.2 Å². The van der Waals surface area contributed by atoms with E-state index in [0.29, 0.717) is 0 Å². The van der Waals surface area contributed by atoms with Gasteiger partial charge in [0.2, 0.25) is 0 Å². The van der Waals surface area contributed by atoms with Crippen LogP contribution in [0, 0.1) is 0 Å². The van der Waals surface area contributed by atoms with Gasteiger partial charge in [-0.05, 0) is 32.1 Å². The molecule has 0 aliphatic carbocycles. The molecule has 1 heterocycles. The molecule has 0 aromatic heterocycles. The van der Waals surface area contributed by atoms with Crippen LogP contribution in [0.2, 0.25) is 0 Å². The number of morpholine rings is 1. The third kappa shape index (κ3) is 14.3. The minimum atomic E-state index is 0.893. The number of rotatable bonds is 18. The molecular formula is C24H48N2O. The van der Waals surface area contributed by atoms with Crippen LogP contribution in [-0.2, 0) is 4.74 Å². The fourth-order valence-corrected chi connectivity index (χ4v) is 3.88. The first kappa shape index (κ1) is 24.7. The van der Waals surface area contributed by atoms with Crippen LogP contribution >= 0.6 is 0 Å². The molecular weight excluding hydrogens is 332 g/mol. The summed E-state index contributed by atoms with van der Waals surface area (Å²) in [5.41, 5.74) is 0. The van der Waals surface area contributed by atoms with E-state index < -0.39 is 0 Å². The van der Waals surface area contributed by atoms with Crippen molar-refractivity contribution in [2.45, 2.75) is 104 Å². The van der Waals surface area contributed by atoms with Crippen molar-refractivity contribution in [3.63, 3.8) is 0 Å². The summed E-state index contributed by atoms with van der Waals surface area (Å²) in [6.45, 7) is 10.8. The lowest BCUT2D eigenvalue weighted by Crippen LogP contribution is -2.49. The Hall–Kier alpha value is -0.380. The van der Waals surface area contributed by atoms with Gasteiger partial charge in [-0.25, -0.2) is 10.0 Å². The van der Waals surface area contributed by atoms with Gasteiger partial charge >= 0.3 is 0 Å². The molecule has 0 aromatic rings. The van der Waals surface area contributed by atoms with Gasteiger partial charge in [-0.2, -0.15) is 0 Å². The highest BCUT2D eigenvalue weighted by atomic mass is 16.5. The van der Waals surface area contributed by atoms with Crippen molar-refractivity contribution in [1.29, 1.82) is 0 Å². The fraction of sp³-hybridized carbons (Fsp3) is 0.917. The minimum absolute atomic E-state index is 0.893. The fourth-order valence-electron chi connectivity index (χ4n) is 3.88. The van der Waals surface area contributed by atoms with Crippen molar-refractivity contribution >= 4 is 0 Å². The first-order valence-electron chi connectivity index (χ1n) is 12.1. The summed E-state index contributed by atoms with van der Waals surface area (Å²) in [6.07, 6.45) is 24.2. The average molecular weight is 381 g/mol. The van der Waals surface area contributed by atoms with E-state index in [1.54, 1.807) is 0 Å². The number of hydrazine groups is 1. The van der Waals surface area contributed by atoms with E-state index in [1.165, 1.54) is 96.4 Å². The van der Waals surface area contributed by atoms with Crippen molar-refractivity contribution < 1.29 is 4.74 Å². The van der Waals surface area contributed by atoms with E-state index in [1.807, 2.05) is 0 Å². The van der Waals surface area contributed by atoms with Crippen LogP contribution in [-0.4, -0.2) is 49.4 Å². The Kier molecular flexibility index (Phi) is 17.3. The Morgan fingerprint density at radius 2 is 1.22 bits per heavy atom. The molecule has 0 aromatic carbocycles. The lowest BCUT2D eigenvalue weighted by molar-refractivity contribution is -0.0880. The first-order valence-corrected chi connectivity index (χ1v) is 12.1. The lowest BCUT2D eigenvalue weighted by atomic mass is 10.1. The zero-order chi connectivity index (χ0) is 19.4. The minimum Gasteiger partial charge on any atom is -0.379 e. The molecule has 0 spiro atoms. The molecule has 1 saturated heterocycles. The van der Waals surface area contributed by atoms with Gasteiger partial charge in [-0.1, -0.05) is 83.8 Å². The van der Waals surface area contributed by atoms with Crippen LogP contribution in [0.3, 0.4) is 0 Å². The predicted octanol–water partition coefficient (Wildman–Crippen LogP) is 6.59. The topological polar surface area (TPSA) is 15.7 Å². The van der Waals surface area contributed by atoms with Crippen LogP contribution in [0.25, 0.3) is 0 Å². The number of ether oxygens (including phenoxy) is 1. The van der Waals surface area contributed by atoms with Crippen molar-refractivity contribution in [2.24, 2.45) is 0 Å². The number of hydrogen-bond acceptors (Lipinski definition) is 3. The Labute approximate surface area is 170 Å². The molecule has 0 atom stereocenters. The van der Waals surface area contributed by atoms with Gasteiger partial charge in [-0.3, -0.25) is 0 Å². The summed E-state index contributed by atoms with van der Waals surface area (Å²) in [4.78, 5) is 0. The highest BCUT2D eigenvalue weighted by molar-refractivity contribution is 4.81. The van der Waals surface area contributed by atoms with E-state index in [0.717, 1.165) is 32.8 Å². The van der Waals surface area contributed by atoms with Crippen molar-refractivity contribution in [2.75, 3.05) is 39.4 Å². The molecule has 1 aliphatic heterocycles. The van der Waals surface area contributed by atoms with E-state index in [-0.39, 0.29) is 0 Å². The highest BCUT2D eigenvalue weighted by Crippen LogP contribution is 2.11. The van der Waals surface area contributed by atoms with Crippen molar-refractivity contribution in [1.82, 2.24) is 10.0 Å². The van der Waals surface area contributed by atoms with Gasteiger partial charge in [0.15, 0.2) is 0 Å². The summed E-state index contributed by atoms with van der Waals surface area (Å²) in [7, 11) is 0. The number of hydrogen-bond donors (Lipinski definition) is 0. The number of allylic oxidation sites excluding steroid dienone is 2. The maximum absolute atomic E-state index is 5.46. The molecule has 3 nitrogen and oxygen atoms in total. The van der Waals surface area contributed by atoms with Gasteiger partial charge in [0, 0.05) is 26.2 Å². The third-order valence-electron chi connectivity index (χ3n) is 5.68. The second-order valence-corrected chi connectivity index (χ2v) is 8.05. The SMILES string of the molecule is CCCCCCCC/C=C\CCCCCCCCN(CC)N1CCOCC1. The monoisotopic (exact) mass is 380 g/mol. The molecule has 0 saturated carbocycles. The van der Waals surface area contributed by atoms with Gasteiger partial charge in [0.1, 0.15) is 0 Å². The predicted molar refractivity (Wildman–Crippen MR) is 119 cm³/mol. The van der Waals surface area contributed by atoms with E-state index in [9.17, 15) is 0 Å². The first-order chi connectivity index (χ1) is 13.4. The molecule has 160 valence electrons. The smallest absolute Gasteiger partial charge is 0.0608 e. The Morgan fingerprint density at radius 3 is 1.78 bits per heavy atom. The molecule has 0 N–H and O–H groups in total. The third-order valence-corrected chi connectivity index (χ3v) is 5.68. The zero-order valence-corrected chi connectivity index (χ0v) is 18.6. The molecule has 1 rings (SSSR count). The Morgan fingerprint density at radius 1 is 0.704 bits per heavy atom. The summed E-state index contributed by atoms with van der Waals surface area (Å²) in [5, 5.41) is 5.01. The maximum atomic E-state index is 5.46. The number of unbranched alkanes of at least 4 members (excludes halogenated alkanes) is 12. The molecule has 0 unspecified atom stereocenters. The van der Waals surface area contributed by atoms with Crippen molar-refractivity contribution in [3.8, 4) is 0 Å². The molecule has 1 fully saturated rings. The van der Waals surface area contributed by atoms with Crippen LogP contribution in [0.4, 0.5) is 0 Å². The van der Waals surface area contributed by atoms with Crippen LogP contribution < -0.4 is 0 Å². The Bertz CT molecular complexity index is 326. The van der Waals surface area contributed by atoms with E-state index in [4.69, 9.17) is 4.74 Å². The summed E-state index contributed by atoms with van der Waals surface area (Å²) in [5.74, 6) is 0. The summed E-state index contributed by atoms with van der Waals surface area (Å²) >= 11 is 0. The van der Waals surface area contributed by atoms with Crippen molar-refractivity contribution in [3.05, 3.63) is 12.2 Å². The molecule has 3 heteroatoms. The summed E-state index contributed by atoms with van der Waals surface area (Å²) in [6, 6.07) is 0. The van der Waals surface area contributed by atoms with Gasteiger partial charge in [-0.15, -0.1) is 0 Å². The lowest BCUT2D eigenvalue weighted by Gasteiger charge is -2.36. The van der Waals surface area contributed by atoms with Gasteiger partial charge in [0.25, 0.3) is 0 Å². The summed E-state index contributed by atoms with van der Waals surface area (Å²) < 4.78 is 5.46. The highest BCUT2D eigenvalue weighted by Gasteiger charge is 2.16. The molecule has 0 bridgehead atoms. The molecule has 27 heavy (non-hydrogen) atoms. The second kappa shape index (κ2) is 19.0. The molecule has 0 amide bonds. The number of nitrogens with zero attached hydrogens (tertiary/aromatic N) is 2. The quantitative estimate of drug-likeness (QED) is 0.197. The van der Waals surface area contributed by atoms with E-state index in [2.05, 4.69) is 36.0 Å².